The Morgan fingerprint density at radius 1 is 1.30 bits per heavy atom. The largest absolute Gasteiger partial charge is 0.433 e. The van der Waals surface area contributed by atoms with Crippen LogP contribution < -0.4 is 0 Å². The van der Waals surface area contributed by atoms with Crippen LogP contribution in [0.15, 0.2) is 34.7 Å². The molecule has 0 saturated carbocycles. The predicted molar refractivity (Wildman–Crippen MR) is 69.5 cm³/mol. The Labute approximate surface area is 115 Å². The van der Waals surface area contributed by atoms with Crippen LogP contribution in [0.5, 0.6) is 0 Å². The molecule has 1 aliphatic rings. The summed E-state index contributed by atoms with van der Waals surface area (Å²) in [5, 5.41) is 19.5. The third-order valence-corrected chi connectivity index (χ3v) is 3.33. The van der Waals surface area contributed by atoms with Crippen molar-refractivity contribution in [2.45, 2.75) is 19.6 Å². The Morgan fingerprint density at radius 3 is 2.80 bits per heavy atom. The number of hydrogen-bond donors (Lipinski definition) is 0. The molecule has 0 fully saturated rings. The van der Waals surface area contributed by atoms with Crippen molar-refractivity contribution in [1.29, 1.82) is 5.26 Å². The predicted octanol–water partition coefficient (Wildman–Crippen LogP) is 2.58. The first-order valence-corrected chi connectivity index (χ1v) is 6.13. The first kappa shape index (κ1) is 12.4. The number of benzene rings is 1. The Hall–Kier alpha value is -2.65. The van der Waals surface area contributed by atoms with Crippen molar-refractivity contribution in [2.24, 2.45) is 0 Å². The number of hydrogen-bond acceptors (Lipinski definition) is 5. The van der Waals surface area contributed by atoms with Gasteiger partial charge in [-0.3, -0.25) is 15.0 Å². The fourth-order valence-corrected chi connectivity index (χ4v) is 2.42. The van der Waals surface area contributed by atoms with Gasteiger partial charge in [0.05, 0.1) is 24.2 Å². The molecule has 0 bridgehead atoms. The van der Waals surface area contributed by atoms with E-state index in [2.05, 4.69) is 11.0 Å². The summed E-state index contributed by atoms with van der Waals surface area (Å²) >= 11 is 0. The van der Waals surface area contributed by atoms with Crippen molar-refractivity contribution in [2.75, 3.05) is 0 Å². The third kappa shape index (κ3) is 2.27. The van der Waals surface area contributed by atoms with Gasteiger partial charge in [0.1, 0.15) is 10.7 Å². The van der Waals surface area contributed by atoms with E-state index < -0.39 is 4.92 Å². The van der Waals surface area contributed by atoms with Crippen molar-refractivity contribution in [3.05, 3.63) is 62.9 Å². The van der Waals surface area contributed by atoms with E-state index in [0.29, 0.717) is 17.9 Å². The average Bonchev–Trinajstić information content (AvgIpc) is 3.04. The zero-order valence-corrected chi connectivity index (χ0v) is 10.6. The van der Waals surface area contributed by atoms with Crippen LogP contribution in [0, 0.1) is 21.4 Å². The van der Waals surface area contributed by atoms with E-state index in [4.69, 9.17) is 9.68 Å². The average molecular weight is 269 g/mol. The van der Waals surface area contributed by atoms with E-state index in [1.807, 2.05) is 12.1 Å². The Kier molecular flexibility index (Phi) is 2.97. The maximum atomic E-state index is 10.6. The lowest BCUT2D eigenvalue weighted by molar-refractivity contribution is -0.402. The summed E-state index contributed by atoms with van der Waals surface area (Å²) in [6.07, 6.45) is 0. The molecule has 1 aliphatic heterocycles. The minimum Gasteiger partial charge on any atom is -0.404 e. The van der Waals surface area contributed by atoms with E-state index in [0.717, 1.165) is 18.7 Å². The van der Waals surface area contributed by atoms with Crippen molar-refractivity contribution >= 4 is 5.88 Å². The zero-order valence-electron chi connectivity index (χ0n) is 10.6. The second kappa shape index (κ2) is 4.79. The maximum Gasteiger partial charge on any atom is 0.433 e. The molecule has 100 valence electrons. The summed E-state index contributed by atoms with van der Waals surface area (Å²) in [5.74, 6) is 0.341. The van der Waals surface area contributed by atoms with Crippen LogP contribution in [-0.2, 0) is 19.6 Å². The van der Waals surface area contributed by atoms with Crippen LogP contribution >= 0.6 is 0 Å². The van der Waals surface area contributed by atoms with Crippen LogP contribution in [-0.4, -0.2) is 9.82 Å². The van der Waals surface area contributed by atoms with Gasteiger partial charge < -0.3 is 4.42 Å². The van der Waals surface area contributed by atoms with Crippen LogP contribution in [0.1, 0.15) is 22.5 Å². The van der Waals surface area contributed by atoms with Crippen LogP contribution in [0.25, 0.3) is 0 Å². The normalized spacial score (nSPS) is 13.9. The molecule has 0 amide bonds. The van der Waals surface area contributed by atoms with E-state index in [1.165, 1.54) is 11.6 Å². The van der Waals surface area contributed by atoms with Gasteiger partial charge in [-0.05, 0) is 29.3 Å². The molecule has 0 unspecified atom stereocenters. The molecular formula is C14H11N3O3. The summed E-state index contributed by atoms with van der Waals surface area (Å²) in [5.41, 5.74) is 2.97. The smallest absolute Gasteiger partial charge is 0.404 e. The molecule has 0 N–H and O–H groups in total. The zero-order chi connectivity index (χ0) is 14.1. The molecule has 0 radical (unpaired) electrons. The number of rotatable bonds is 3. The van der Waals surface area contributed by atoms with E-state index >= 15 is 0 Å². The topological polar surface area (TPSA) is 83.3 Å². The van der Waals surface area contributed by atoms with E-state index in [1.54, 1.807) is 12.1 Å². The fourth-order valence-electron chi connectivity index (χ4n) is 2.42. The molecule has 0 aliphatic carbocycles. The molecule has 20 heavy (non-hydrogen) atoms. The van der Waals surface area contributed by atoms with Gasteiger partial charge >= 0.3 is 5.88 Å². The standard InChI is InChI=1S/C14H11N3O3/c15-6-10-1-2-11-7-16(8-12(11)5-10)9-13-3-4-14(20-13)17(18)19/h1-5H,7-9H2. The first-order chi connectivity index (χ1) is 9.65. The van der Waals surface area contributed by atoms with Crippen LogP contribution in [0.3, 0.4) is 0 Å². The Balaban J connectivity index is 1.72. The van der Waals surface area contributed by atoms with Gasteiger partial charge in [-0.1, -0.05) is 6.07 Å². The SMILES string of the molecule is N#Cc1ccc2c(c1)CN(Cc1ccc([N+](=O)[O-])o1)C2. The van der Waals surface area contributed by atoms with Crippen molar-refractivity contribution in [1.82, 2.24) is 4.90 Å². The number of furan rings is 1. The van der Waals surface area contributed by atoms with Crippen molar-refractivity contribution in [3.63, 3.8) is 0 Å². The summed E-state index contributed by atoms with van der Waals surface area (Å²) in [6, 6.07) is 10.8. The van der Waals surface area contributed by atoms with Gasteiger partial charge in [-0.15, -0.1) is 0 Å². The van der Waals surface area contributed by atoms with Gasteiger partial charge in [-0.2, -0.15) is 5.26 Å². The highest BCUT2D eigenvalue weighted by Crippen LogP contribution is 2.26. The Bertz CT molecular complexity index is 715. The van der Waals surface area contributed by atoms with Crippen LogP contribution in [0.2, 0.25) is 0 Å². The molecule has 0 saturated heterocycles. The summed E-state index contributed by atoms with van der Waals surface area (Å²) in [7, 11) is 0. The second-order valence-electron chi connectivity index (χ2n) is 4.74. The lowest BCUT2D eigenvalue weighted by atomic mass is 10.1. The summed E-state index contributed by atoms with van der Waals surface area (Å²) in [4.78, 5) is 12.1. The number of fused-ring (bicyclic) bond motifs is 1. The minimum atomic E-state index is -0.540. The first-order valence-electron chi connectivity index (χ1n) is 6.13. The molecule has 2 aromatic rings. The van der Waals surface area contributed by atoms with E-state index in [-0.39, 0.29) is 5.88 Å². The number of nitrogens with zero attached hydrogens (tertiary/aromatic N) is 3. The quantitative estimate of drug-likeness (QED) is 0.631. The molecule has 6 nitrogen and oxygen atoms in total. The van der Waals surface area contributed by atoms with Gasteiger partial charge in [0.15, 0.2) is 0 Å². The highest BCUT2D eigenvalue weighted by molar-refractivity contribution is 5.40. The molecule has 0 atom stereocenters. The monoisotopic (exact) mass is 269 g/mol. The maximum absolute atomic E-state index is 10.6. The van der Waals surface area contributed by atoms with Gasteiger partial charge in [0, 0.05) is 13.1 Å². The van der Waals surface area contributed by atoms with Gasteiger partial charge in [0.2, 0.25) is 0 Å². The third-order valence-electron chi connectivity index (χ3n) is 3.33. The molecule has 1 aromatic carbocycles. The van der Waals surface area contributed by atoms with Crippen LogP contribution in [0.4, 0.5) is 5.88 Å². The summed E-state index contributed by atoms with van der Waals surface area (Å²) in [6.45, 7) is 2.00. The second-order valence-corrected chi connectivity index (χ2v) is 4.74. The molecule has 3 rings (SSSR count). The fraction of sp³-hybridized carbons (Fsp3) is 0.214. The lowest BCUT2D eigenvalue weighted by Gasteiger charge is -2.11. The van der Waals surface area contributed by atoms with Gasteiger partial charge in [0.25, 0.3) is 0 Å². The van der Waals surface area contributed by atoms with Crippen molar-refractivity contribution < 1.29 is 9.34 Å². The molecule has 0 spiro atoms. The van der Waals surface area contributed by atoms with E-state index in [9.17, 15) is 10.1 Å². The van der Waals surface area contributed by atoms with Crippen molar-refractivity contribution in [3.8, 4) is 6.07 Å². The highest BCUT2D eigenvalue weighted by Gasteiger charge is 2.21. The minimum absolute atomic E-state index is 0.233. The number of nitro groups is 1. The van der Waals surface area contributed by atoms with Gasteiger partial charge in [-0.25, -0.2) is 0 Å². The number of nitriles is 1. The molecule has 6 heteroatoms. The molecular weight excluding hydrogens is 258 g/mol. The summed E-state index contributed by atoms with van der Waals surface area (Å²) < 4.78 is 5.16. The molecule has 2 heterocycles. The Morgan fingerprint density at radius 2 is 2.10 bits per heavy atom. The lowest BCUT2D eigenvalue weighted by Crippen LogP contribution is -2.15. The molecule has 1 aromatic heterocycles. The highest BCUT2D eigenvalue weighted by atomic mass is 16.6.